The van der Waals surface area contributed by atoms with Crippen LogP contribution in [0.4, 0.5) is 0 Å². The van der Waals surface area contributed by atoms with Crippen LogP contribution in [0.25, 0.3) is 5.57 Å². The summed E-state index contributed by atoms with van der Waals surface area (Å²) in [7, 11) is 0. The molecule has 1 aromatic carbocycles. The fraction of sp³-hybridized carbons (Fsp3) is 0.182. The Labute approximate surface area is 82.8 Å². The number of rotatable bonds is 1. The van der Waals surface area contributed by atoms with Gasteiger partial charge in [0.25, 0.3) is 0 Å². The van der Waals surface area contributed by atoms with E-state index >= 15 is 0 Å². The Balaban J connectivity index is 2.30. The highest BCUT2D eigenvalue weighted by atomic mass is 35.5. The Bertz CT molecular complexity index is 349. The van der Waals surface area contributed by atoms with E-state index in [9.17, 15) is 0 Å². The lowest BCUT2D eigenvalue weighted by molar-refractivity contribution is 1.02. The molecule has 0 aromatic heterocycles. The van der Waals surface area contributed by atoms with Crippen LogP contribution in [0.1, 0.15) is 12.0 Å². The van der Waals surface area contributed by atoms with Crippen LogP contribution in [0, 0.1) is 0 Å². The Hall–Kier alpha value is -1.08. The van der Waals surface area contributed by atoms with Crippen LogP contribution in [-0.4, -0.2) is 12.8 Å². The van der Waals surface area contributed by atoms with Gasteiger partial charge in [-0.25, -0.2) is 0 Å². The zero-order valence-electron chi connectivity index (χ0n) is 7.20. The van der Waals surface area contributed by atoms with E-state index in [1.54, 1.807) is 0 Å². The van der Waals surface area contributed by atoms with Gasteiger partial charge >= 0.3 is 0 Å². The molecule has 1 heterocycles. The van der Waals surface area contributed by atoms with E-state index in [1.807, 2.05) is 30.5 Å². The molecule has 2 heteroatoms. The first kappa shape index (κ1) is 8.52. The highest BCUT2D eigenvalue weighted by molar-refractivity contribution is 6.30. The van der Waals surface area contributed by atoms with Crippen molar-refractivity contribution in [1.82, 2.24) is 0 Å². The van der Waals surface area contributed by atoms with Gasteiger partial charge in [0.2, 0.25) is 0 Å². The first-order valence-electron chi connectivity index (χ1n) is 4.31. The Kier molecular flexibility index (Phi) is 2.46. The topological polar surface area (TPSA) is 12.4 Å². The quantitative estimate of drug-likeness (QED) is 0.647. The molecule has 0 N–H and O–H groups in total. The normalized spacial score (nSPS) is 15.6. The van der Waals surface area contributed by atoms with Crippen molar-refractivity contribution in [2.24, 2.45) is 4.99 Å². The lowest BCUT2D eigenvalue weighted by Gasteiger charge is -2.08. The zero-order valence-corrected chi connectivity index (χ0v) is 7.96. The van der Waals surface area contributed by atoms with E-state index in [-0.39, 0.29) is 0 Å². The van der Waals surface area contributed by atoms with Crippen molar-refractivity contribution < 1.29 is 0 Å². The molecule has 0 spiro atoms. The first-order valence-corrected chi connectivity index (χ1v) is 4.69. The number of aliphatic imine (C=N–C) groups is 1. The van der Waals surface area contributed by atoms with E-state index in [0.717, 1.165) is 18.0 Å². The number of nitrogens with zero attached hydrogens (tertiary/aromatic N) is 1. The predicted octanol–water partition coefficient (Wildman–Crippen LogP) is 3.20. The molecule has 0 amide bonds. The molecule has 66 valence electrons. The smallest absolute Gasteiger partial charge is 0.0429 e. The monoisotopic (exact) mass is 191 g/mol. The van der Waals surface area contributed by atoms with Crippen molar-refractivity contribution in [3.8, 4) is 0 Å². The minimum Gasteiger partial charge on any atom is -0.293 e. The minimum atomic E-state index is 0.786. The van der Waals surface area contributed by atoms with Crippen LogP contribution in [-0.2, 0) is 0 Å². The number of allylic oxidation sites excluding steroid dienone is 1. The van der Waals surface area contributed by atoms with Crippen LogP contribution in [0.5, 0.6) is 0 Å². The standard InChI is InChI=1S/C11H10ClN/c12-11-3-1-9(2-4-11)10-5-7-13-8-6-10/h1-5,7H,6,8H2. The summed E-state index contributed by atoms with van der Waals surface area (Å²) in [5, 5.41) is 0.786. The highest BCUT2D eigenvalue weighted by Gasteiger charge is 2.02. The van der Waals surface area contributed by atoms with Gasteiger partial charge in [0.15, 0.2) is 0 Å². The number of dihydropyridines is 1. The van der Waals surface area contributed by atoms with Crippen LogP contribution in [0.15, 0.2) is 35.3 Å². The van der Waals surface area contributed by atoms with Gasteiger partial charge in [-0.2, -0.15) is 0 Å². The average molecular weight is 192 g/mol. The lowest BCUT2D eigenvalue weighted by Crippen LogP contribution is -1.93. The predicted molar refractivity (Wildman–Crippen MR) is 57.4 cm³/mol. The van der Waals surface area contributed by atoms with Crippen LogP contribution >= 0.6 is 11.6 Å². The van der Waals surface area contributed by atoms with Crippen molar-refractivity contribution in [2.75, 3.05) is 6.54 Å². The SMILES string of the molecule is Clc1ccc(C2=CC=NCC2)cc1. The summed E-state index contributed by atoms with van der Waals surface area (Å²) in [6, 6.07) is 7.94. The molecule has 1 nitrogen and oxygen atoms in total. The summed E-state index contributed by atoms with van der Waals surface area (Å²) in [5.41, 5.74) is 2.59. The van der Waals surface area contributed by atoms with Gasteiger partial charge in [-0.1, -0.05) is 23.7 Å². The van der Waals surface area contributed by atoms with E-state index in [0.29, 0.717) is 0 Å². The molecule has 0 saturated heterocycles. The second kappa shape index (κ2) is 3.75. The van der Waals surface area contributed by atoms with E-state index in [1.165, 1.54) is 11.1 Å². The fourth-order valence-electron chi connectivity index (χ4n) is 1.39. The molecule has 0 saturated carbocycles. The molecule has 0 aliphatic carbocycles. The second-order valence-corrected chi connectivity index (χ2v) is 3.44. The number of halogens is 1. The van der Waals surface area contributed by atoms with Crippen molar-refractivity contribution in [3.63, 3.8) is 0 Å². The molecule has 0 unspecified atom stereocenters. The summed E-state index contributed by atoms with van der Waals surface area (Å²) >= 11 is 5.80. The third-order valence-corrected chi connectivity index (χ3v) is 2.36. The van der Waals surface area contributed by atoms with Crippen molar-refractivity contribution in [1.29, 1.82) is 0 Å². The molecule has 1 aliphatic rings. The van der Waals surface area contributed by atoms with Crippen molar-refractivity contribution in [2.45, 2.75) is 6.42 Å². The van der Waals surface area contributed by atoms with E-state index in [2.05, 4.69) is 11.1 Å². The molecule has 1 aromatic rings. The van der Waals surface area contributed by atoms with Gasteiger partial charge in [-0.05, 0) is 35.8 Å². The maximum Gasteiger partial charge on any atom is 0.0429 e. The molecule has 1 aliphatic heterocycles. The van der Waals surface area contributed by atoms with Gasteiger partial charge < -0.3 is 0 Å². The van der Waals surface area contributed by atoms with Crippen molar-refractivity contribution in [3.05, 3.63) is 40.9 Å². The Morgan fingerprint density at radius 3 is 2.54 bits per heavy atom. The van der Waals surface area contributed by atoms with Crippen LogP contribution < -0.4 is 0 Å². The van der Waals surface area contributed by atoms with Crippen molar-refractivity contribution >= 4 is 23.4 Å². The first-order chi connectivity index (χ1) is 6.36. The zero-order chi connectivity index (χ0) is 9.10. The fourth-order valence-corrected chi connectivity index (χ4v) is 1.52. The van der Waals surface area contributed by atoms with Crippen LogP contribution in [0.2, 0.25) is 5.02 Å². The highest BCUT2D eigenvalue weighted by Crippen LogP contribution is 2.21. The maximum absolute atomic E-state index is 5.80. The number of hydrogen-bond acceptors (Lipinski definition) is 1. The summed E-state index contributed by atoms with van der Waals surface area (Å²) in [6.45, 7) is 0.897. The molecule has 13 heavy (non-hydrogen) atoms. The third kappa shape index (κ3) is 1.99. The van der Waals surface area contributed by atoms with Crippen LogP contribution in [0.3, 0.4) is 0 Å². The van der Waals surface area contributed by atoms with Gasteiger partial charge in [0.05, 0.1) is 0 Å². The molecular weight excluding hydrogens is 182 g/mol. The molecule has 0 bridgehead atoms. The summed E-state index contributed by atoms with van der Waals surface area (Å²) in [5.74, 6) is 0. The van der Waals surface area contributed by atoms with Gasteiger partial charge in [-0.3, -0.25) is 4.99 Å². The van der Waals surface area contributed by atoms with Gasteiger partial charge in [0.1, 0.15) is 0 Å². The summed E-state index contributed by atoms with van der Waals surface area (Å²) in [6.07, 6.45) is 4.96. The van der Waals surface area contributed by atoms with Gasteiger partial charge in [0, 0.05) is 17.8 Å². The van der Waals surface area contributed by atoms with E-state index < -0.39 is 0 Å². The average Bonchev–Trinajstić information content (AvgIpc) is 2.20. The molecule has 2 rings (SSSR count). The lowest BCUT2D eigenvalue weighted by atomic mass is 10.0. The van der Waals surface area contributed by atoms with Gasteiger partial charge in [-0.15, -0.1) is 0 Å². The molecule has 0 atom stereocenters. The Morgan fingerprint density at radius 2 is 1.92 bits per heavy atom. The molecule has 0 radical (unpaired) electrons. The maximum atomic E-state index is 5.80. The second-order valence-electron chi connectivity index (χ2n) is 3.00. The molecular formula is C11H10ClN. The molecule has 0 fully saturated rings. The number of benzene rings is 1. The summed E-state index contributed by atoms with van der Waals surface area (Å²) < 4.78 is 0. The minimum absolute atomic E-state index is 0.786. The number of hydrogen-bond donors (Lipinski definition) is 0. The van der Waals surface area contributed by atoms with E-state index in [4.69, 9.17) is 11.6 Å². The largest absolute Gasteiger partial charge is 0.293 e. The third-order valence-electron chi connectivity index (χ3n) is 2.11. The summed E-state index contributed by atoms with van der Waals surface area (Å²) in [4.78, 5) is 4.14. The Morgan fingerprint density at radius 1 is 1.15 bits per heavy atom.